The molecule has 23 heavy (non-hydrogen) atoms. The van der Waals surface area contributed by atoms with Gasteiger partial charge in [-0.2, -0.15) is 0 Å². The Morgan fingerprint density at radius 2 is 1.96 bits per heavy atom. The number of nitrogens with one attached hydrogen (secondary N) is 1. The van der Waals surface area contributed by atoms with Crippen LogP contribution < -0.4 is 10.9 Å². The van der Waals surface area contributed by atoms with Crippen molar-refractivity contribution >= 4 is 22.5 Å². The topological polar surface area (TPSA) is 46.9 Å². The maximum Gasteiger partial charge on any atom is 0.267 e. The van der Waals surface area contributed by atoms with Gasteiger partial charge in [-0.25, -0.2) is 4.98 Å². The summed E-state index contributed by atoms with van der Waals surface area (Å²) in [6.45, 7) is 0.947. The minimum Gasteiger partial charge on any atom is -0.307 e. The van der Waals surface area contributed by atoms with E-state index in [0.29, 0.717) is 15.9 Å². The number of rotatable bonds is 2. The van der Waals surface area contributed by atoms with Gasteiger partial charge in [0, 0.05) is 0 Å². The van der Waals surface area contributed by atoms with Crippen LogP contribution in [0.1, 0.15) is 24.7 Å². The average Bonchev–Trinajstić information content (AvgIpc) is 3.09. The Kier molecular flexibility index (Phi) is 3.63. The summed E-state index contributed by atoms with van der Waals surface area (Å²) in [7, 11) is 0. The molecule has 4 rings (SSSR count). The second-order valence-electron chi connectivity index (χ2n) is 5.73. The lowest BCUT2D eigenvalue weighted by Crippen LogP contribution is -2.28. The number of hydrogen-bond acceptors (Lipinski definition) is 3. The molecule has 1 aliphatic heterocycles. The van der Waals surface area contributed by atoms with Crippen LogP contribution in [0.15, 0.2) is 53.3 Å². The summed E-state index contributed by atoms with van der Waals surface area (Å²) in [5, 5.41) is 4.35. The van der Waals surface area contributed by atoms with Crippen molar-refractivity contribution in [3.8, 4) is 5.69 Å². The van der Waals surface area contributed by atoms with Crippen LogP contribution in [0.4, 0.5) is 0 Å². The van der Waals surface area contributed by atoms with Crippen LogP contribution in [0.5, 0.6) is 0 Å². The molecule has 3 aromatic rings. The van der Waals surface area contributed by atoms with Gasteiger partial charge in [-0.1, -0.05) is 35.9 Å². The molecule has 5 heteroatoms. The van der Waals surface area contributed by atoms with Crippen molar-refractivity contribution in [3.05, 3.63) is 69.7 Å². The lowest BCUT2D eigenvalue weighted by molar-refractivity contribution is 0.584. The molecule has 2 aromatic carbocycles. The van der Waals surface area contributed by atoms with Crippen molar-refractivity contribution in [2.24, 2.45) is 0 Å². The second-order valence-corrected chi connectivity index (χ2v) is 6.14. The molecule has 1 aliphatic rings. The summed E-state index contributed by atoms with van der Waals surface area (Å²) in [5.41, 5.74) is 1.35. The molecule has 1 aromatic heterocycles. The van der Waals surface area contributed by atoms with Gasteiger partial charge in [-0.15, -0.1) is 0 Å². The predicted octanol–water partition coefficient (Wildman–Crippen LogP) is 3.46. The third kappa shape index (κ3) is 2.44. The van der Waals surface area contributed by atoms with Crippen LogP contribution in [-0.2, 0) is 0 Å². The second kappa shape index (κ2) is 5.80. The highest BCUT2D eigenvalue weighted by atomic mass is 35.5. The minimum absolute atomic E-state index is 0.0892. The van der Waals surface area contributed by atoms with E-state index in [1.807, 2.05) is 42.5 Å². The predicted molar refractivity (Wildman–Crippen MR) is 92.3 cm³/mol. The third-order valence-electron chi connectivity index (χ3n) is 4.26. The number of hydrogen-bond donors (Lipinski definition) is 1. The molecule has 0 saturated carbocycles. The first-order valence-corrected chi connectivity index (χ1v) is 8.13. The SMILES string of the molecule is O=c1c2c(Cl)cccc2nc([C@H]2CCCN2)n1-c1ccccc1. The Labute approximate surface area is 138 Å². The molecule has 0 radical (unpaired) electrons. The van der Waals surface area contributed by atoms with Gasteiger partial charge < -0.3 is 5.32 Å². The van der Waals surface area contributed by atoms with Crippen LogP contribution in [0, 0.1) is 0 Å². The van der Waals surface area contributed by atoms with E-state index >= 15 is 0 Å². The summed E-state index contributed by atoms with van der Waals surface area (Å²) in [6.07, 6.45) is 2.06. The number of halogens is 1. The maximum atomic E-state index is 13.1. The Morgan fingerprint density at radius 1 is 1.13 bits per heavy atom. The monoisotopic (exact) mass is 325 g/mol. The zero-order valence-electron chi connectivity index (χ0n) is 12.5. The van der Waals surface area contributed by atoms with E-state index in [9.17, 15) is 4.79 Å². The molecule has 1 fully saturated rings. The molecule has 2 heterocycles. The normalized spacial score (nSPS) is 17.7. The third-order valence-corrected chi connectivity index (χ3v) is 4.57. The molecule has 0 bridgehead atoms. The molecule has 1 saturated heterocycles. The molecule has 0 unspecified atom stereocenters. The molecular weight excluding hydrogens is 310 g/mol. The van der Waals surface area contributed by atoms with Gasteiger partial charge in [0.15, 0.2) is 0 Å². The van der Waals surface area contributed by atoms with Gasteiger partial charge in [0.05, 0.1) is 27.7 Å². The van der Waals surface area contributed by atoms with Gasteiger partial charge in [0.1, 0.15) is 5.82 Å². The molecular formula is C18H16ClN3O. The fourth-order valence-corrected chi connectivity index (χ4v) is 3.42. The van der Waals surface area contributed by atoms with Crippen molar-refractivity contribution in [1.82, 2.24) is 14.9 Å². The lowest BCUT2D eigenvalue weighted by atomic mass is 10.1. The Bertz CT molecular complexity index is 915. The van der Waals surface area contributed by atoms with Gasteiger partial charge in [-0.3, -0.25) is 9.36 Å². The van der Waals surface area contributed by atoms with Gasteiger partial charge >= 0.3 is 0 Å². The molecule has 1 atom stereocenters. The Morgan fingerprint density at radius 3 is 2.70 bits per heavy atom. The molecule has 116 valence electrons. The quantitative estimate of drug-likeness (QED) is 0.785. The highest BCUT2D eigenvalue weighted by Gasteiger charge is 2.24. The van der Waals surface area contributed by atoms with E-state index in [1.54, 1.807) is 10.6 Å². The standard InChI is InChI=1S/C18H16ClN3O/c19-13-8-4-9-14-16(13)18(23)22(12-6-2-1-3-7-12)17(21-14)15-10-5-11-20-15/h1-4,6-9,15,20H,5,10-11H2/t15-/m1/s1. The summed E-state index contributed by atoms with van der Waals surface area (Å²) in [6, 6.07) is 15.1. The first-order chi connectivity index (χ1) is 11.3. The van der Waals surface area contributed by atoms with E-state index in [0.717, 1.165) is 30.9 Å². The van der Waals surface area contributed by atoms with Crippen LogP contribution in [-0.4, -0.2) is 16.1 Å². The van der Waals surface area contributed by atoms with Crippen molar-refractivity contribution in [3.63, 3.8) is 0 Å². The largest absolute Gasteiger partial charge is 0.307 e. The highest BCUT2D eigenvalue weighted by Crippen LogP contribution is 2.26. The Hall–Kier alpha value is -2.17. The molecule has 0 amide bonds. The first kappa shape index (κ1) is 14.4. The average molecular weight is 326 g/mol. The number of aromatic nitrogens is 2. The molecule has 1 N–H and O–H groups in total. The van der Waals surface area contributed by atoms with Crippen molar-refractivity contribution in [1.29, 1.82) is 0 Å². The summed E-state index contributed by atoms with van der Waals surface area (Å²) >= 11 is 6.26. The van der Waals surface area contributed by atoms with E-state index in [1.165, 1.54) is 0 Å². The molecule has 0 aliphatic carbocycles. The molecule has 4 nitrogen and oxygen atoms in total. The first-order valence-electron chi connectivity index (χ1n) is 7.75. The highest BCUT2D eigenvalue weighted by molar-refractivity contribution is 6.35. The number of benzene rings is 2. The van der Waals surface area contributed by atoms with Crippen molar-refractivity contribution < 1.29 is 0 Å². The van der Waals surface area contributed by atoms with Crippen molar-refractivity contribution in [2.45, 2.75) is 18.9 Å². The zero-order valence-corrected chi connectivity index (χ0v) is 13.3. The van der Waals surface area contributed by atoms with Gasteiger partial charge in [0.25, 0.3) is 5.56 Å². The molecule has 0 spiro atoms. The fourth-order valence-electron chi connectivity index (χ4n) is 3.17. The zero-order chi connectivity index (χ0) is 15.8. The van der Waals surface area contributed by atoms with E-state index in [4.69, 9.17) is 16.6 Å². The number of para-hydroxylation sites is 1. The van der Waals surface area contributed by atoms with E-state index in [2.05, 4.69) is 5.32 Å². The maximum absolute atomic E-state index is 13.1. The van der Waals surface area contributed by atoms with E-state index < -0.39 is 0 Å². The smallest absolute Gasteiger partial charge is 0.267 e. The number of nitrogens with zero attached hydrogens (tertiary/aromatic N) is 2. The summed E-state index contributed by atoms with van der Waals surface area (Å²) in [5.74, 6) is 0.758. The Balaban J connectivity index is 2.08. The van der Waals surface area contributed by atoms with Crippen molar-refractivity contribution in [2.75, 3.05) is 6.54 Å². The van der Waals surface area contributed by atoms with Crippen LogP contribution in [0.25, 0.3) is 16.6 Å². The van der Waals surface area contributed by atoms with Crippen LogP contribution >= 0.6 is 11.6 Å². The van der Waals surface area contributed by atoms with Crippen LogP contribution in [0.3, 0.4) is 0 Å². The van der Waals surface area contributed by atoms with Crippen LogP contribution in [0.2, 0.25) is 5.02 Å². The summed E-state index contributed by atoms with van der Waals surface area (Å²) < 4.78 is 1.69. The van der Waals surface area contributed by atoms with Gasteiger partial charge in [-0.05, 0) is 43.7 Å². The minimum atomic E-state index is -0.115. The van der Waals surface area contributed by atoms with Gasteiger partial charge in [0.2, 0.25) is 0 Å². The lowest BCUT2D eigenvalue weighted by Gasteiger charge is -2.18. The number of fused-ring (bicyclic) bond motifs is 1. The van der Waals surface area contributed by atoms with E-state index in [-0.39, 0.29) is 11.6 Å². The summed E-state index contributed by atoms with van der Waals surface area (Å²) in [4.78, 5) is 17.9. The fraction of sp³-hybridized carbons (Fsp3) is 0.222.